The standard InChI is InChI=1S/C7H14O2.Ac/c1-4-5(2)7(9)6(3)8;/h5,7,9H,4H2,1-3H3;. The first-order chi connectivity index (χ1) is 4.09. The first kappa shape index (κ1) is 13.6. The van der Waals surface area contributed by atoms with E-state index in [1.165, 1.54) is 6.92 Å². The van der Waals surface area contributed by atoms with Crippen molar-refractivity contribution in [3.8, 4) is 0 Å². The molecule has 0 bridgehead atoms. The Bertz CT molecular complexity index is 104. The summed E-state index contributed by atoms with van der Waals surface area (Å²) in [6.45, 7) is 5.24. The van der Waals surface area contributed by atoms with E-state index in [-0.39, 0.29) is 55.8 Å². The van der Waals surface area contributed by atoms with Crippen LogP contribution in [0.15, 0.2) is 0 Å². The third kappa shape index (κ3) is 4.82. The van der Waals surface area contributed by atoms with Gasteiger partial charge in [0.1, 0.15) is 6.10 Å². The van der Waals surface area contributed by atoms with Gasteiger partial charge in [0.25, 0.3) is 0 Å². The molecule has 2 atom stereocenters. The third-order valence-corrected chi connectivity index (χ3v) is 1.60. The fourth-order valence-electron chi connectivity index (χ4n) is 0.624. The molecule has 0 rings (SSSR count). The van der Waals surface area contributed by atoms with Gasteiger partial charge in [0, 0.05) is 44.1 Å². The van der Waals surface area contributed by atoms with Crippen LogP contribution in [0.4, 0.5) is 0 Å². The second-order valence-corrected chi connectivity index (χ2v) is 2.44. The van der Waals surface area contributed by atoms with E-state index in [1.54, 1.807) is 0 Å². The quantitative estimate of drug-likeness (QED) is 0.818. The van der Waals surface area contributed by atoms with Gasteiger partial charge in [-0.15, -0.1) is 0 Å². The number of aliphatic hydroxyl groups is 1. The van der Waals surface area contributed by atoms with Gasteiger partial charge < -0.3 is 5.11 Å². The van der Waals surface area contributed by atoms with Crippen LogP contribution >= 0.6 is 0 Å². The fourth-order valence-corrected chi connectivity index (χ4v) is 0.624. The molecule has 0 saturated carbocycles. The smallest absolute Gasteiger partial charge is 0.158 e. The van der Waals surface area contributed by atoms with Crippen LogP contribution in [0, 0.1) is 50.0 Å². The van der Waals surface area contributed by atoms with Gasteiger partial charge in [0.15, 0.2) is 5.78 Å². The molecular formula is C7H14AcO2. The van der Waals surface area contributed by atoms with Crippen molar-refractivity contribution >= 4 is 5.78 Å². The van der Waals surface area contributed by atoms with Crippen molar-refractivity contribution in [3.63, 3.8) is 0 Å². The summed E-state index contributed by atoms with van der Waals surface area (Å²) in [5.41, 5.74) is 0. The van der Waals surface area contributed by atoms with E-state index < -0.39 is 6.10 Å². The molecule has 0 saturated heterocycles. The van der Waals surface area contributed by atoms with E-state index in [1.807, 2.05) is 13.8 Å². The predicted octanol–water partition coefficient (Wildman–Crippen LogP) is 0.982. The normalized spacial score (nSPS) is 15.2. The average molecular weight is 357 g/mol. The number of hydrogen-bond acceptors (Lipinski definition) is 2. The van der Waals surface area contributed by atoms with Gasteiger partial charge in [-0.2, -0.15) is 0 Å². The maximum Gasteiger partial charge on any atom is 0.158 e. The topological polar surface area (TPSA) is 37.3 Å². The first-order valence-corrected chi connectivity index (χ1v) is 3.28. The number of carbonyl (C=O) groups is 1. The average Bonchev–Trinajstić information content (AvgIpc) is 1.84. The van der Waals surface area contributed by atoms with E-state index in [4.69, 9.17) is 5.11 Å². The van der Waals surface area contributed by atoms with Gasteiger partial charge in [-0.3, -0.25) is 4.79 Å². The summed E-state index contributed by atoms with van der Waals surface area (Å²) in [5.74, 6) is -0.0353. The van der Waals surface area contributed by atoms with Gasteiger partial charge in [-0.25, -0.2) is 0 Å². The van der Waals surface area contributed by atoms with Crippen molar-refractivity contribution < 1.29 is 54.0 Å². The molecule has 0 aliphatic carbocycles. The molecule has 3 heteroatoms. The Kier molecular flexibility index (Phi) is 9.23. The molecule has 0 heterocycles. The van der Waals surface area contributed by atoms with Crippen LogP contribution in [0.2, 0.25) is 0 Å². The van der Waals surface area contributed by atoms with Gasteiger partial charge in [-0.1, -0.05) is 20.3 Å². The van der Waals surface area contributed by atoms with Gasteiger partial charge in [0.05, 0.1) is 0 Å². The van der Waals surface area contributed by atoms with Crippen LogP contribution in [0.5, 0.6) is 0 Å². The van der Waals surface area contributed by atoms with Crippen molar-refractivity contribution in [2.45, 2.75) is 33.3 Å². The largest absolute Gasteiger partial charge is 0.385 e. The summed E-state index contributed by atoms with van der Waals surface area (Å²) in [4.78, 5) is 10.5. The molecule has 0 spiro atoms. The second kappa shape index (κ2) is 6.76. The molecule has 1 N–H and O–H groups in total. The number of carbonyl (C=O) groups excluding carboxylic acids is 1. The van der Waals surface area contributed by atoms with Gasteiger partial charge in [-0.05, 0) is 12.8 Å². The summed E-state index contributed by atoms with van der Waals surface area (Å²) >= 11 is 0. The van der Waals surface area contributed by atoms with Gasteiger partial charge in [0.2, 0.25) is 0 Å². The second-order valence-electron chi connectivity index (χ2n) is 2.44. The molecule has 1 radical (unpaired) electrons. The number of Topliss-reactive ketones (excluding diaryl/α,β-unsaturated/α-hetero) is 1. The summed E-state index contributed by atoms with van der Waals surface area (Å²) < 4.78 is 0. The molecule has 0 fully saturated rings. The molecule has 0 amide bonds. The maximum atomic E-state index is 10.5. The van der Waals surface area contributed by atoms with Crippen LogP contribution in [0.1, 0.15) is 27.2 Å². The summed E-state index contributed by atoms with van der Waals surface area (Å²) in [7, 11) is 0. The van der Waals surface area contributed by atoms with Gasteiger partial charge >= 0.3 is 0 Å². The van der Waals surface area contributed by atoms with E-state index >= 15 is 0 Å². The number of hydrogen-bond donors (Lipinski definition) is 1. The van der Waals surface area contributed by atoms with E-state index in [0.29, 0.717) is 0 Å². The summed E-state index contributed by atoms with van der Waals surface area (Å²) in [5, 5.41) is 9.05. The Balaban J connectivity index is 0. The monoisotopic (exact) mass is 357 g/mol. The van der Waals surface area contributed by atoms with Crippen molar-refractivity contribution in [2.75, 3.05) is 0 Å². The van der Waals surface area contributed by atoms with Crippen LogP contribution in [-0.4, -0.2) is 17.0 Å². The molecular weight excluding hydrogens is 343 g/mol. The Morgan fingerprint density at radius 3 is 2.10 bits per heavy atom. The number of aliphatic hydroxyl groups excluding tert-OH is 1. The Morgan fingerprint density at radius 2 is 2.00 bits per heavy atom. The zero-order chi connectivity index (χ0) is 7.44. The van der Waals surface area contributed by atoms with Crippen LogP contribution in [0.3, 0.4) is 0 Å². The Morgan fingerprint density at radius 1 is 1.60 bits per heavy atom. The van der Waals surface area contributed by atoms with E-state index in [0.717, 1.165) is 6.42 Å². The molecule has 0 aromatic rings. The SMILES string of the molecule is CCC(C)C(O)C(C)=O.[Ac]. The molecule has 10 heavy (non-hydrogen) atoms. The Labute approximate surface area is 97.9 Å². The van der Waals surface area contributed by atoms with E-state index in [2.05, 4.69) is 0 Å². The fraction of sp³-hybridized carbons (Fsp3) is 0.857. The van der Waals surface area contributed by atoms with Crippen molar-refractivity contribution in [1.29, 1.82) is 0 Å². The summed E-state index contributed by atoms with van der Waals surface area (Å²) in [6.07, 6.45) is 0.0933. The van der Waals surface area contributed by atoms with Crippen molar-refractivity contribution in [2.24, 2.45) is 5.92 Å². The van der Waals surface area contributed by atoms with Crippen molar-refractivity contribution in [1.82, 2.24) is 0 Å². The minimum Gasteiger partial charge on any atom is -0.385 e. The molecule has 0 aromatic heterocycles. The summed E-state index contributed by atoms with van der Waals surface area (Å²) in [6, 6.07) is 0. The maximum absolute atomic E-state index is 10.5. The van der Waals surface area contributed by atoms with Crippen molar-refractivity contribution in [3.05, 3.63) is 0 Å². The molecule has 0 aliphatic heterocycles. The molecule has 2 nitrogen and oxygen atoms in total. The number of ketones is 1. The minimum absolute atomic E-state index is 0. The minimum atomic E-state index is -0.755. The van der Waals surface area contributed by atoms with Crippen LogP contribution < -0.4 is 0 Å². The van der Waals surface area contributed by atoms with E-state index in [9.17, 15) is 4.79 Å². The molecule has 57 valence electrons. The zero-order valence-electron chi connectivity index (χ0n) is 6.79. The van der Waals surface area contributed by atoms with Crippen LogP contribution in [0.25, 0.3) is 0 Å². The molecule has 0 aromatic carbocycles. The number of rotatable bonds is 3. The Hall–Kier alpha value is 1.07. The third-order valence-electron chi connectivity index (χ3n) is 1.60. The molecule has 2 unspecified atom stereocenters. The predicted molar refractivity (Wildman–Crippen MR) is 36.1 cm³/mol. The van der Waals surface area contributed by atoms with Crippen LogP contribution in [-0.2, 0) is 4.79 Å². The molecule has 0 aliphatic rings. The first-order valence-electron chi connectivity index (χ1n) is 3.28. The zero-order valence-corrected chi connectivity index (χ0v) is 11.5.